The van der Waals surface area contributed by atoms with Gasteiger partial charge in [-0.2, -0.15) is 0 Å². The molecule has 4 nitrogen and oxygen atoms in total. The minimum atomic E-state index is -0.0974. The van der Waals surface area contributed by atoms with Crippen molar-refractivity contribution < 1.29 is 9.59 Å². The van der Waals surface area contributed by atoms with E-state index in [0.717, 1.165) is 24.2 Å². The highest BCUT2D eigenvalue weighted by atomic mass is 79.9. The van der Waals surface area contributed by atoms with Crippen molar-refractivity contribution in [3.63, 3.8) is 0 Å². The normalized spacial score (nSPS) is 14.2. The van der Waals surface area contributed by atoms with Gasteiger partial charge in [-0.3, -0.25) is 9.59 Å². The maximum absolute atomic E-state index is 11.5. The molecule has 1 aliphatic carbocycles. The number of rotatable bonds is 4. The topological polar surface area (TPSA) is 58.2 Å². The van der Waals surface area contributed by atoms with E-state index in [2.05, 4.69) is 26.6 Å². The van der Waals surface area contributed by atoms with Gasteiger partial charge in [-0.05, 0) is 37.1 Å². The van der Waals surface area contributed by atoms with E-state index in [9.17, 15) is 9.59 Å². The van der Waals surface area contributed by atoms with Crippen molar-refractivity contribution in [2.45, 2.75) is 12.8 Å². The lowest BCUT2D eigenvalue weighted by molar-refractivity contribution is -0.117. The molecule has 90 valence electrons. The van der Waals surface area contributed by atoms with Crippen molar-refractivity contribution in [2.75, 3.05) is 16.0 Å². The molecule has 1 aliphatic rings. The molecule has 0 unspecified atom stereocenters. The number of amides is 2. The second-order valence-corrected chi connectivity index (χ2v) is 4.58. The number of alkyl halides is 1. The maximum atomic E-state index is 11.5. The molecule has 1 fully saturated rings. The summed E-state index contributed by atoms with van der Waals surface area (Å²) in [6.45, 7) is 0. The van der Waals surface area contributed by atoms with Crippen LogP contribution in [0.25, 0.3) is 0 Å². The van der Waals surface area contributed by atoms with Gasteiger partial charge >= 0.3 is 0 Å². The molecule has 0 aliphatic heterocycles. The van der Waals surface area contributed by atoms with E-state index in [1.165, 1.54) is 0 Å². The molecule has 1 saturated carbocycles. The van der Waals surface area contributed by atoms with Gasteiger partial charge in [0.2, 0.25) is 11.8 Å². The first-order valence-electron chi connectivity index (χ1n) is 5.46. The van der Waals surface area contributed by atoms with Gasteiger partial charge in [0.15, 0.2) is 0 Å². The fourth-order valence-corrected chi connectivity index (χ4v) is 1.56. The first-order chi connectivity index (χ1) is 8.19. The Kier molecular flexibility index (Phi) is 3.78. The fraction of sp³-hybridized carbons (Fsp3) is 0.333. The molecule has 5 heteroatoms. The standard InChI is InChI=1S/C12H13BrN2O2/c13-7-11(16)14-9-3-5-10(6-4-9)15-12(17)8-1-2-8/h3-6,8H,1-2,7H2,(H,14,16)(H,15,17). The summed E-state index contributed by atoms with van der Waals surface area (Å²) in [6.07, 6.45) is 1.98. The van der Waals surface area contributed by atoms with Crippen LogP contribution in [-0.4, -0.2) is 17.1 Å². The van der Waals surface area contributed by atoms with Crippen molar-refractivity contribution in [3.05, 3.63) is 24.3 Å². The number of carbonyl (C=O) groups is 2. The van der Waals surface area contributed by atoms with E-state index in [0.29, 0.717) is 0 Å². The summed E-state index contributed by atoms with van der Waals surface area (Å²) in [5, 5.41) is 5.82. The summed E-state index contributed by atoms with van der Waals surface area (Å²) in [5.41, 5.74) is 1.48. The van der Waals surface area contributed by atoms with Crippen LogP contribution < -0.4 is 10.6 Å². The SMILES string of the molecule is O=C(CBr)Nc1ccc(NC(=O)C2CC2)cc1. The Morgan fingerprint density at radius 3 is 2.12 bits per heavy atom. The molecule has 2 rings (SSSR count). The predicted octanol–water partition coefficient (Wildman–Crippen LogP) is 2.37. The van der Waals surface area contributed by atoms with Gasteiger partial charge in [0.1, 0.15) is 0 Å². The lowest BCUT2D eigenvalue weighted by Gasteiger charge is -2.06. The lowest BCUT2D eigenvalue weighted by Crippen LogP contribution is -2.14. The highest BCUT2D eigenvalue weighted by molar-refractivity contribution is 9.09. The van der Waals surface area contributed by atoms with Crippen LogP contribution in [0.5, 0.6) is 0 Å². The molecule has 17 heavy (non-hydrogen) atoms. The molecule has 1 aromatic rings. The molecular formula is C12H13BrN2O2. The smallest absolute Gasteiger partial charge is 0.235 e. The quantitative estimate of drug-likeness (QED) is 0.838. The first-order valence-corrected chi connectivity index (χ1v) is 6.58. The van der Waals surface area contributed by atoms with Crippen molar-refractivity contribution in [2.24, 2.45) is 5.92 Å². The number of halogens is 1. The number of hydrogen-bond donors (Lipinski definition) is 2. The Balaban J connectivity index is 1.92. The first kappa shape index (κ1) is 12.1. The van der Waals surface area contributed by atoms with E-state index in [-0.39, 0.29) is 23.1 Å². The van der Waals surface area contributed by atoms with Gasteiger partial charge in [-0.1, -0.05) is 15.9 Å². The molecule has 0 heterocycles. The monoisotopic (exact) mass is 296 g/mol. The van der Waals surface area contributed by atoms with E-state index < -0.39 is 0 Å². The Morgan fingerprint density at radius 1 is 1.12 bits per heavy atom. The number of benzene rings is 1. The van der Waals surface area contributed by atoms with Crippen molar-refractivity contribution >= 4 is 39.1 Å². The largest absolute Gasteiger partial charge is 0.326 e. The van der Waals surface area contributed by atoms with Crippen LogP contribution in [0.1, 0.15) is 12.8 Å². The molecule has 0 radical (unpaired) electrons. The highest BCUT2D eigenvalue weighted by Crippen LogP contribution is 2.30. The van der Waals surface area contributed by atoms with Crippen LogP contribution in [0.2, 0.25) is 0 Å². The number of nitrogens with one attached hydrogen (secondary N) is 2. The van der Waals surface area contributed by atoms with Gasteiger partial charge in [-0.15, -0.1) is 0 Å². The molecular weight excluding hydrogens is 284 g/mol. The summed E-state index contributed by atoms with van der Waals surface area (Å²) >= 11 is 3.07. The van der Waals surface area contributed by atoms with Gasteiger partial charge in [0, 0.05) is 17.3 Å². The molecule has 0 saturated heterocycles. The minimum absolute atomic E-state index is 0.0854. The Hall–Kier alpha value is -1.36. The number of anilines is 2. The summed E-state index contributed by atoms with van der Waals surface area (Å²) in [4.78, 5) is 22.6. The van der Waals surface area contributed by atoms with Crippen LogP contribution in [-0.2, 0) is 9.59 Å². The fourth-order valence-electron chi connectivity index (χ4n) is 1.42. The Labute approximate surface area is 108 Å². The molecule has 0 spiro atoms. The second-order valence-electron chi connectivity index (χ2n) is 4.02. The van der Waals surface area contributed by atoms with Crippen LogP contribution >= 0.6 is 15.9 Å². The van der Waals surface area contributed by atoms with Crippen LogP contribution in [0, 0.1) is 5.92 Å². The number of carbonyl (C=O) groups excluding carboxylic acids is 2. The minimum Gasteiger partial charge on any atom is -0.326 e. The van der Waals surface area contributed by atoms with E-state index in [1.807, 2.05) is 0 Å². The maximum Gasteiger partial charge on any atom is 0.235 e. The summed E-state index contributed by atoms with van der Waals surface area (Å²) in [6, 6.07) is 7.10. The highest BCUT2D eigenvalue weighted by Gasteiger charge is 2.29. The molecule has 2 N–H and O–H groups in total. The predicted molar refractivity (Wildman–Crippen MR) is 70.2 cm³/mol. The molecule has 0 bridgehead atoms. The average Bonchev–Trinajstić information content (AvgIpc) is 3.15. The number of hydrogen-bond acceptors (Lipinski definition) is 2. The summed E-state index contributed by atoms with van der Waals surface area (Å²) in [5.74, 6) is 0.185. The summed E-state index contributed by atoms with van der Waals surface area (Å²) < 4.78 is 0. The Morgan fingerprint density at radius 2 is 1.65 bits per heavy atom. The third-order valence-electron chi connectivity index (χ3n) is 2.51. The second kappa shape index (κ2) is 5.31. The van der Waals surface area contributed by atoms with Crippen LogP contribution in [0.3, 0.4) is 0 Å². The zero-order valence-corrected chi connectivity index (χ0v) is 10.8. The van der Waals surface area contributed by atoms with Gasteiger partial charge in [-0.25, -0.2) is 0 Å². The van der Waals surface area contributed by atoms with E-state index in [4.69, 9.17) is 0 Å². The molecule has 2 amide bonds. The average molecular weight is 297 g/mol. The van der Waals surface area contributed by atoms with Crippen molar-refractivity contribution in [1.82, 2.24) is 0 Å². The zero-order valence-electron chi connectivity index (χ0n) is 9.20. The molecule has 0 atom stereocenters. The third kappa shape index (κ3) is 3.56. The summed E-state index contributed by atoms with van der Waals surface area (Å²) in [7, 11) is 0. The third-order valence-corrected chi connectivity index (χ3v) is 3.01. The van der Waals surface area contributed by atoms with Crippen molar-refractivity contribution in [1.29, 1.82) is 0 Å². The lowest BCUT2D eigenvalue weighted by atomic mass is 10.2. The van der Waals surface area contributed by atoms with Crippen LogP contribution in [0.4, 0.5) is 11.4 Å². The van der Waals surface area contributed by atoms with Crippen LogP contribution in [0.15, 0.2) is 24.3 Å². The Bertz CT molecular complexity index is 427. The van der Waals surface area contributed by atoms with E-state index >= 15 is 0 Å². The van der Waals surface area contributed by atoms with Crippen molar-refractivity contribution in [3.8, 4) is 0 Å². The van der Waals surface area contributed by atoms with E-state index in [1.54, 1.807) is 24.3 Å². The van der Waals surface area contributed by atoms with Gasteiger partial charge in [0.05, 0.1) is 5.33 Å². The molecule has 1 aromatic carbocycles. The van der Waals surface area contributed by atoms with Gasteiger partial charge in [0.25, 0.3) is 0 Å². The van der Waals surface area contributed by atoms with Gasteiger partial charge < -0.3 is 10.6 Å². The molecule has 0 aromatic heterocycles. The zero-order chi connectivity index (χ0) is 12.3.